The van der Waals surface area contributed by atoms with Crippen molar-refractivity contribution in [3.8, 4) is 5.88 Å². The van der Waals surface area contributed by atoms with Gasteiger partial charge in [0.2, 0.25) is 5.88 Å². The second-order valence-electron chi connectivity index (χ2n) is 5.71. The molecular formula is C16H18N6O. The molecule has 0 aliphatic carbocycles. The molecule has 7 nitrogen and oxygen atoms in total. The summed E-state index contributed by atoms with van der Waals surface area (Å²) in [4.78, 5) is 22.4. The summed E-state index contributed by atoms with van der Waals surface area (Å²) in [5.74, 6) is 2.19. The third kappa shape index (κ3) is 2.94. The smallest absolute Gasteiger partial charge is 0.213 e. The van der Waals surface area contributed by atoms with E-state index in [4.69, 9.17) is 4.74 Å². The summed E-state index contributed by atoms with van der Waals surface area (Å²) in [5.41, 5.74) is 1.63. The Bertz CT molecular complexity index is 766. The average Bonchev–Trinajstić information content (AvgIpc) is 3.10. The molecule has 0 unspecified atom stereocenters. The molecule has 1 aliphatic rings. The van der Waals surface area contributed by atoms with Crippen molar-refractivity contribution < 1.29 is 4.74 Å². The van der Waals surface area contributed by atoms with E-state index >= 15 is 0 Å². The van der Waals surface area contributed by atoms with Gasteiger partial charge in [0.05, 0.1) is 12.9 Å². The van der Waals surface area contributed by atoms with Crippen LogP contribution in [0, 0.1) is 5.92 Å². The van der Waals surface area contributed by atoms with Gasteiger partial charge in [-0.15, -0.1) is 0 Å². The van der Waals surface area contributed by atoms with E-state index in [9.17, 15) is 0 Å². The second kappa shape index (κ2) is 6.20. The lowest BCUT2D eigenvalue weighted by molar-refractivity contribution is 0.216. The van der Waals surface area contributed by atoms with Crippen molar-refractivity contribution in [2.45, 2.75) is 12.8 Å². The third-order valence-corrected chi connectivity index (χ3v) is 4.22. The fourth-order valence-electron chi connectivity index (χ4n) is 2.94. The highest BCUT2D eigenvalue weighted by atomic mass is 16.5. The Morgan fingerprint density at radius 3 is 2.87 bits per heavy atom. The number of nitrogens with one attached hydrogen (secondary N) is 1. The zero-order valence-electron chi connectivity index (χ0n) is 12.7. The Balaban J connectivity index is 1.37. The van der Waals surface area contributed by atoms with E-state index in [0.29, 0.717) is 18.4 Å². The predicted molar refractivity (Wildman–Crippen MR) is 86.4 cm³/mol. The van der Waals surface area contributed by atoms with Gasteiger partial charge in [-0.2, -0.15) is 0 Å². The quantitative estimate of drug-likeness (QED) is 0.794. The molecule has 3 aromatic rings. The summed E-state index contributed by atoms with van der Waals surface area (Å²) < 4.78 is 5.77. The number of anilines is 1. The zero-order chi connectivity index (χ0) is 15.5. The molecular weight excluding hydrogens is 292 g/mol. The van der Waals surface area contributed by atoms with E-state index in [-0.39, 0.29) is 0 Å². The van der Waals surface area contributed by atoms with Crippen molar-refractivity contribution in [1.29, 1.82) is 0 Å². The van der Waals surface area contributed by atoms with Gasteiger partial charge in [0.15, 0.2) is 11.5 Å². The van der Waals surface area contributed by atoms with Gasteiger partial charge in [0, 0.05) is 25.4 Å². The molecule has 0 bridgehead atoms. The van der Waals surface area contributed by atoms with Crippen molar-refractivity contribution >= 4 is 17.0 Å². The molecule has 1 N–H and O–H groups in total. The van der Waals surface area contributed by atoms with Crippen LogP contribution in [0.5, 0.6) is 5.88 Å². The van der Waals surface area contributed by atoms with Crippen LogP contribution in [0.3, 0.4) is 0 Å². The van der Waals surface area contributed by atoms with E-state index in [2.05, 4.69) is 29.8 Å². The number of pyridine rings is 1. The van der Waals surface area contributed by atoms with E-state index in [1.165, 1.54) is 0 Å². The van der Waals surface area contributed by atoms with Crippen molar-refractivity contribution in [3.05, 3.63) is 37.1 Å². The van der Waals surface area contributed by atoms with Crippen LogP contribution in [0.1, 0.15) is 12.8 Å². The topological polar surface area (TPSA) is 79.8 Å². The average molecular weight is 310 g/mol. The first-order chi connectivity index (χ1) is 11.4. The number of fused-ring (bicyclic) bond motifs is 1. The van der Waals surface area contributed by atoms with Gasteiger partial charge in [-0.3, -0.25) is 0 Å². The number of hydrogen-bond donors (Lipinski definition) is 1. The number of ether oxygens (including phenoxy) is 1. The van der Waals surface area contributed by atoms with Gasteiger partial charge in [-0.25, -0.2) is 19.9 Å². The van der Waals surface area contributed by atoms with Crippen LogP contribution in [0.4, 0.5) is 5.82 Å². The third-order valence-electron chi connectivity index (χ3n) is 4.22. The molecule has 0 radical (unpaired) electrons. The fourth-order valence-corrected chi connectivity index (χ4v) is 2.94. The van der Waals surface area contributed by atoms with E-state index in [1.807, 2.05) is 18.2 Å². The maximum absolute atomic E-state index is 5.77. The Kier molecular flexibility index (Phi) is 3.75. The molecule has 1 fully saturated rings. The Morgan fingerprint density at radius 2 is 2.04 bits per heavy atom. The van der Waals surface area contributed by atoms with Crippen molar-refractivity contribution in [2.24, 2.45) is 5.92 Å². The van der Waals surface area contributed by atoms with E-state index < -0.39 is 0 Å². The van der Waals surface area contributed by atoms with Crippen LogP contribution in [0.25, 0.3) is 11.2 Å². The van der Waals surface area contributed by atoms with Crippen LogP contribution < -0.4 is 9.64 Å². The van der Waals surface area contributed by atoms with Gasteiger partial charge < -0.3 is 14.6 Å². The van der Waals surface area contributed by atoms with Crippen LogP contribution in [-0.4, -0.2) is 44.6 Å². The highest BCUT2D eigenvalue weighted by Gasteiger charge is 2.22. The molecule has 0 amide bonds. The number of aromatic nitrogens is 5. The van der Waals surface area contributed by atoms with Gasteiger partial charge in [-0.05, 0) is 24.8 Å². The minimum absolute atomic E-state index is 0.548. The first-order valence-electron chi connectivity index (χ1n) is 7.83. The number of piperidine rings is 1. The Labute approximate surface area is 133 Å². The SMILES string of the molecule is c1ccc(OCC2CCN(c3ncnc4nc[nH]c34)CC2)nc1. The monoisotopic (exact) mass is 310 g/mol. The van der Waals surface area contributed by atoms with Gasteiger partial charge >= 0.3 is 0 Å². The maximum Gasteiger partial charge on any atom is 0.213 e. The Morgan fingerprint density at radius 1 is 1.13 bits per heavy atom. The molecule has 0 spiro atoms. The highest BCUT2D eigenvalue weighted by molar-refractivity contribution is 5.82. The molecule has 0 saturated carbocycles. The van der Waals surface area contributed by atoms with E-state index in [0.717, 1.165) is 42.9 Å². The van der Waals surface area contributed by atoms with Crippen LogP contribution in [0.15, 0.2) is 37.1 Å². The lowest BCUT2D eigenvalue weighted by Gasteiger charge is -2.32. The number of aromatic amines is 1. The first kappa shape index (κ1) is 13.9. The number of hydrogen-bond acceptors (Lipinski definition) is 6. The molecule has 0 atom stereocenters. The van der Waals surface area contributed by atoms with Gasteiger partial charge in [-0.1, -0.05) is 6.07 Å². The lowest BCUT2D eigenvalue weighted by atomic mass is 9.98. The number of nitrogens with zero attached hydrogens (tertiary/aromatic N) is 5. The largest absolute Gasteiger partial charge is 0.477 e. The summed E-state index contributed by atoms with van der Waals surface area (Å²) in [7, 11) is 0. The van der Waals surface area contributed by atoms with Gasteiger partial charge in [0.25, 0.3) is 0 Å². The maximum atomic E-state index is 5.77. The summed E-state index contributed by atoms with van der Waals surface area (Å²) >= 11 is 0. The molecule has 1 aliphatic heterocycles. The first-order valence-corrected chi connectivity index (χ1v) is 7.83. The fraction of sp³-hybridized carbons (Fsp3) is 0.375. The predicted octanol–water partition coefficient (Wildman–Crippen LogP) is 2.04. The van der Waals surface area contributed by atoms with Crippen LogP contribution in [-0.2, 0) is 0 Å². The molecule has 23 heavy (non-hydrogen) atoms. The van der Waals surface area contributed by atoms with Crippen molar-refractivity contribution in [3.63, 3.8) is 0 Å². The highest BCUT2D eigenvalue weighted by Crippen LogP contribution is 2.25. The molecule has 4 heterocycles. The lowest BCUT2D eigenvalue weighted by Crippen LogP contribution is -2.36. The minimum atomic E-state index is 0.548. The zero-order valence-corrected chi connectivity index (χ0v) is 12.7. The second-order valence-corrected chi connectivity index (χ2v) is 5.71. The molecule has 3 aromatic heterocycles. The summed E-state index contributed by atoms with van der Waals surface area (Å²) in [6.45, 7) is 2.64. The van der Waals surface area contributed by atoms with E-state index in [1.54, 1.807) is 18.9 Å². The van der Waals surface area contributed by atoms with Crippen molar-refractivity contribution in [2.75, 3.05) is 24.6 Å². The van der Waals surface area contributed by atoms with Crippen LogP contribution in [0.2, 0.25) is 0 Å². The molecule has 4 rings (SSSR count). The van der Waals surface area contributed by atoms with Crippen molar-refractivity contribution in [1.82, 2.24) is 24.9 Å². The van der Waals surface area contributed by atoms with Gasteiger partial charge in [0.1, 0.15) is 11.8 Å². The molecule has 1 saturated heterocycles. The number of imidazole rings is 1. The number of rotatable bonds is 4. The summed E-state index contributed by atoms with van der Waals surface area (Å²) in [5, 5.41) is 0. The summed E-state index contributed by atoms with van der Waals surface area (Å²) in [6.07, 6.45) is 7.15. The standard InChI is InChI=1S/C16H18N6O/c1-2-6-17-13(3-1)23-9-12-4-7-22(8-5-12)16-14-15(19-10-18-14)20-11-21-16/h1-3,6,10-12H,4-5,7-9H2,(H,18,19,20,21). The summed E-state index contributed by atoms with van der Waals surface area (Å²) in [6, 6.07) is 5.73. The molecule has 118 valence electrons. The number of H-pyrrole nitrogens is 1. The normalized spacial score (nSPS) is 15.9. The molecule has 7 heteroatoms. The molecule has 0 aromatic carbocycles. The Hall–Kier alpha value is -2.70. The van der Waals surface area contributed by atoms with Crippen LogP contribution >= 0.6 is 0 Å². The minimum Gasteiger partial charge on any atom is -0.477 e.